The van der Waals surface area contributed by atoms with Crippen molar-refractivity contribution in [1.29, 1.82) is 0 Å². The topological polar surface area (TPSA) is 67.8 Å². The molecule has 5 heteroatoms. The summed E-state index contributed by atoms with van der Waals surface area (Å²) in [7, 11) is 1.60. The summed E-state index contributed by atoms with van der Waals surface area (Å²) in [5, 5.41) is 9.28. The van der Waals surface area contributed by atoms with Crippen LogP contribution in [0.4, 0.5) is 0 Å². The molecule has 0 saturated carbocycles. The minimum Gasteiger partial charge on any atom is -0.359 e. The lowest BCUT2D eigenvalue weighted by molar-refractivity contribution is -0.118. The van der Waals surface area contributed by atoms with Gasteiger partial charge in [0.1, 0.15) is 6.33 Å². The summed E-state index contributed by atoms with van der Waals surface area (Å²) in [6, 6.07) is 0. The Kier molecular flexibility index (Phi) is 14.1. The van der Waals surface area contributed by atoms with E-state index < -0.39 is 0 Å². The highest BCUT2D eigenvalue weighted by Crippen LogP contribution is 1.59. The molecule has 74 valence electrons. The molecule has 0 unspecified atom stereocenters. The second-order valence-electron chi connectivity index (χ2n) is 1.60. The number of nitrogens with zero attached hydrogens (tertiary/aromatic N) is 3. The fourth-order valence-electron chi connectivity index (χ4n) is 0.205. The molecule has 0 radical (unpaired) electrons. The zero-order chi connectivity index (χ0) is 10.5. The van der Waals surface area contributed by atoms with Crippen LogP contribution in [0.5, 0.6) is 0 Å². The van der Waals surface area contributed by atoms with Gasteiger partial charge in [-0.15, -0.1) is 5.10 Å². The Balaban J connectivity index is 0. The Bertz CT molecular complexity index is 164. The summed E-state index contributed by atoms with van der Waals surface area (Å²) in [6.45, 7) is 5.47. The van der Waals surface area contributed by atoms with Gasteiger partial charge in [-0.1, -0.05) is 13.8 Å². The van der Waals surface area contributed by atoms with Crippen LogP contribution in [0.15, 0.2) is 18.7 Å². The predicted molar refractivity (Wildman–Crippen MR) is 50.9 cm³/mol. The molecule has 1 aromatic rings. The van der Waals surface area contributed by atoms with Crippen molar-refractivity contribution < 1.29 is 4.79 Å². The highest BCUT2D eigenvalue weighted by Gasteiger charge is 1.72. The number of carbonyl (C=O) groups is 1. The van der Waals surface area contributed by atoms with Crippen LogP contribution in [0.1, 0.15) is 20.8 Å². The third kappa shape index (κ3) is 17.9. The molecular formula is C8H16N4O. The molecule has 1 rings (SSSR count). The average Bonchev–Trinajstić information content (AvgIpc) is 2.24. The minimum absolute atomic E-state index is 0.00463. The molecule has 0 aliphatic heterocycles. The van der Waals surface area contributed by atoms with E-state index in [-0.39, 0.29) is 5.91 Å². The lowest BCUT2D eigenvalue weighted by Gasteiger charge is -1.80. The summed E-state index contributed by atoms with van der Waals surface area (Å²) in [5.74, 6) is 0.00463. The van der Waals surface area contributed by atoms with Crippen LogP contribution in [-0.4, -0.2) is 28.1 Å². The van der Waals surface area contributed by atoms with Crippen molar-refractivity contribution in [3.05, 3.63) is 18.7 Å². The second kappa shape index (κ2) is 13.1. The standard InChI is InChI=1S/C3H3N3.C3H7NO.C2H6/c1-2-5-6-3-4-1;1-3(5)4-2;1-2/h1-3H;1-2H3,(H,4,5);1-2H3. The van der Waals surface area contributed by atoms with Crippen molar-refractivity contribution in [2.45, 2.75) is 20.8 Å². The summed E-state index contributed by atoms with van der Waals surface area (Å²) < 4.78 is 0. The van der Waals surface area contributed by atoms with Crippen molar-refractivity contribution in [2.24, 2.45) is 0 Å². The number of hydrogen-bond donors (Lipinski definition) is 1. The van der Waals surface area contributed by atoms with Gasteiger partial charge in [-0.3, -0.25) is 4.79 Å². The molecule has 0 aliphatic rings. The minimum atomic E-state index is 0.00463. The molecule has 13 heavy (non-hydrogen) atoms. The van der Waals surface area contributed by atoms with Crippen molar-refractivity contribution in [3.63, 3.8) is 0 Å². The summed E-state index contributed by atoms with van der Waals surface area (Å²) >= 11 is 0. The van der Waals surface area contributed by atoms with Crippen LogP contribution < -0.4 is 5.32 Å². The molecule has 1 amide bonds. The lowest BCUT2D eigenvalue weighted by Crippen LogP contribution is -2.11. The first-order valence-corrected chi connectivity index (χ1v) is 4.02. The predicted octanol–water partition coefficient (Wildman–Crippen LogP) is 0.650. The molecule has 0 fully saturated rings. The van der Waals surface area contributed by atoms with E-state index in [0.29, 0.717) is 0 Å². The van der Waals surface area contributed by atoms with Crippen LogP contribution >= 0.6 is 0 Å². The molecule has 0 spiro atoms. The Labute approximate surface area is 78.6 Å². The normalized spacial score (nSPS) is 6.77. The molecule has 0 atom stereocenters. The van der Waals surface area contributed by atoms with Gasteiger partial charge in [0, 0.05) is 20.2 Å². The fraction of sp³-hybridized carbons (Fsp3) is 0.500. The van der Waals surface area contributed by atoms with Crippen LogP contribution in [0.25, 0.3) is 0 Å². The Morgan fingerprint density at radius 1 is 1.23 bits per heavy atom. The molecule has 0 aromatic carbocycles. The highest BCUT2D eigenvalue weighted by molar-refractivity contribution is 5.72. The van der Waals surface area contributed by atoms with E-state index in [1.807, 2.05) is 13.8 Å². The van der Waals surface area contributed by atoms with Crippen LogP contribution in [0.2, 0.25) is 0 Å². The lowest BCUT2D eigenvalue weighted by atomic mass is 10.7. The number of nitrogens with one attached hydrogen (secondary N) is 1. The smallest absolute Gasteiger partial charge is 0.216 e. The highest BCUT2D eigenvalue weighted by atomic mass is 16.1. The molecule has 1 heterocycles. The molecule has 0 saturated heterocycles. The Hall–Kier alpha value is -1.52. The van der Waals surface area contributed by atoms with Gasteiger partial charge < -0.3 is 5.32 Å². The van der Waals surface area contributed by atoms with E-state index in [2.05, 4.69) is 20.5 Å². The number of rotatable bonds is 0. The zero-order valence-corrected chi connectivity index (χ0v) is 8.48. The van der Waals surface area contributed by atoms with Crippen molar-refractivity contribution in [3.8, 4) is 0 Å². The van der Waals surface area contributed by atoms with E-state index in [1.54, 1.807) is 13.2 Å². The van der Waals surface area contributed by atoms with Gasteiger partial charge in [0.2, 0.25) is 5.91 Å². The average molecular weight is 184 g/mol. The van der Waals surface area contributed by atoms with E-state index in [4.69, 9.17) is 0 Å². The van der Waals surface area contributed by atoms with Crippen LogP contribution in [0.3, 0.4) is 0 Å². The third-order valence-electron chi connectivity index (χ3n) is 0.756. The maximum Gasteiger partial charge on any atom is 0.216 e. The van der Waals surface area contributed by atoms with Crippen molar-refractivity contribution >= 4 is 5.91 Å². The number of aromatic nitrogens is 3. The van der Waals surface area contributed by atoms with Crippen LogP contribution in [-0.2, 0) is 4.79 Å². The maximum atomic E-state index is 9.70. The molecule has 1 aromatic heterocycles. The van der Waals surface area contributed by atoms with Crippen molar-refractivity contribution in [1.82, 2.24) is 20.5 Å². The Morgan fingerprint density at radius 3 is 1.85 bits per heavy atom. The molecular weight excluding hydrogens is 168 g/mol. The van der Waals surface area contributed by atoms with Gasteiger partial charge in [0.15, 0.2) is 0 Å². The summed E-state index contributed by atoms with van der Waals surface area (Å²) in [6.07, 6.45) is 4.49. The summed E-state index contributed by atoms with van der Waals surface area (Å²) in [4.78, 5) is 13.3. The van der Waals surface area contributed by atoms with Gasteiger partial charge >= 0.3 is 0 Å². The fourth-order valence-corrected chi connectivity index (χ4v) is 0.205. The van der Waals surface area contributed by atoms with Gasteiger partial charge in [-0.2, -0.15) is 5.10 Å². The van der Waals surface area contributed by atoms with E-state index in [9.17, 15) is 4.79 Å². The van der Waals surface area contributed by atoms with E-state index >= 15 is 0 Å². The van der Waals surface area contributed by atoms with E-state index in [0.717, 1.165) is 0 Å². The maximum absolute atomic E-state index is 9.70. The van der Waals surface area contributed by atoms with Gasteiger partial charge in [-0.25, -0.2) is 4.98 Å². The monoisotopic (exact) mass is 184 g/mol. The number of amides is 1. The largest absolute Gasteiger partial charge is 0.359 e. The molecule has 0 bridgehead atoms. The van der Waals surface area contributed by atoms with Crippen molar-refractivity contribution in [2.75, 3.05) is 7.05 Å². The number of carbonyl (C=O) groups excluding carboxylic acids is 1. The van der Waals surface area contributed by atoms with Gasteiger partial charge in [0.05, 0.1) is 6.20 Å². The molecule has 1 N–H and O–H groups in total. The molecule has 0 aliphatic carbocycles. The quantitative estimate of drug-likeness (QED) is 0.642. The zero-order valence-electron chi connectivity index (χ0n) is 8.48. The van der Waals surface area contributed by atoms with Crippen LogP contribution in [0, 0.1) is 0 Å². The third-order valence-corrected chi connectivity index (χ3v) is 0.756. The summed E-state index contributed by atoms with van der Waals surface area (Å²) in [5.41, 5.74) is 0. The SMILES string of the molecule is CC.CNC(C)=O.c1cnncn1. The Morgan fingerprint density at radius 2 is 1.77 bits per heavy atom. The first-order valence-electron chi connectivity index (χ1n) is 4.02. The van der Waals surface area contributed by atoms with Gasteiger partial charge in [0.25, 0.3) is 0 Å². The number of hydrogen-bond acceptors (Lipinski definition) is 4. The first-order chi connectivity index (χ1) is 6.27. The molecule has 5 nitrogen and oxygen atoms in total. The van der Waals surface area contributed by atoms with E-state index in [1.165, 1.54) is 19.4 Å². The van der Waals surface area contributed by atoms with Gasteiger partial charge in [-0.05, 0) is 0 Å². The first kappa shape index (κ1) is 14.0. The second-order valence-corrected chi connectivity index (χ2v) is 1.60.